The molecule has 0 aliphatic rings. The third kappa shape index (κ3) is 2.72. The van der Waals surface area contributed by atoms with Gasteiger partial charge in [0.05, 0.1) is 19.2 Å². The summed E-state index contributed by atoms with van der Waals surface area (Å²) >= 11 is 0. The summed E-state index contributed by atoms with van der Waals surface area (Å²) in [5.74, 6) is 0. The minimum absolute atomic E-state index is 0.282. The van der Waals surface area contributed by atoms with Crippen molar-refractivity contribution in [2.24, 2.45) is 0 Å². The summed E-state index contributed by atoms with van der Waals surface area (Å²) in [4.78, 5) is 0. The van der Waals surface area contributed by atoms with Crippen LogP contribution >= 0.6 is 0 Å². The van der Waals surface area contributed by atoms with Gasteiger partial charge in [0.15, 0.2) is 0 Å². The van der Waals surface area contributed by atoms with Crippen molar-refractivity contribution < 1.29 is 0 Å². The van der Waals surface area contributed by atoms with Gasteiger partial charge in [0.2, 0.25) is 0 Å². The van der Waals surface area contributed by atoms with Crippen LogP contribution in [0.4, 0.5) is 0 Å². The van der Waals surface area contributed by atoms with Crippen molar-refractivity contribution in [2.75, 3.05) is 6.54 Å². The van der Waals surface area contributed by atoms with Gasteiger partial charge >= 0.3 is 0 Å². The van der Waals surface area contributed by atoms with Gasteiger partial charge in [-0.1, -0.05) is 0 Å². The Morgan fingerprint density at radius 3 is 3.17 bits per heavy atom. The molecule has 4 nitrogen and oxygen atoms in total. The quantitative estimate of drug-likeness (QED) is 0.655. The minimum atomic E-state index is 0.282. The van der Waals surface area contributed by atoms with Crippen molar-refractivity contribution in [1.82, 2.24) is 15.1 Å². The van der Waals surface area contributed by atoms with E-state index in [-0.39, 0.29) is 6.04 Å². The van der Waals surface area contributed by atoms with Crippen LogP contribution < -0.4 is 5.32 Å². The van der Waals surface area contributed by atoms with Crippen LogP contribution in [0.3, 0.4) is 0 Å². The van der Waals surface area contributed by atoms with E-state index in [1.165, 1.54) is 0 Å². The Hall–Kier alpha value is -1.34. The minimum Gasteiger partial charge on any atom is -0.300 e. The van der Waals surface area contributed by atoms with Crippen molar-refractivity contribution in [3.8, 4) is 6.07 Å². The fourth-order valence-electron chi connectivity index (χ4n) is 0.973. The molecule has 1 rings (SSSR count). The number of hydrogen-bond donors (Lipinski definition) is 1. The molecule has 1 aromatic rings. The molecule has 1 atom stereocenters. The molecule has 1 unspecified atom stereocenters. The van der Waals surface area contributed by atoms with Crippen LogP contribution in [0.1, 0.15) is 6.92 Å². The van der Waals surface area contributed by atoms with E-state index < -0.39 is 0 Å². The number of rotatable bonds is 4. The van der Waals surface area contributed by atoms with Gasteiger partial charge in [0, 0.05) is 18.4 Å². The zero-order chi connectivity index (χ0) is 8.81. The first-order valence-electron chi connectivity index (χ1n) is 3.90. The second kappa shape index (κ2) is 4.52. The van der Waals surface area contributed by atoms with Gasteiger partial charge in [0.25, 0.3) is 0 Å². The molecule has 0 spiro atoms. The van der Waals surface area contributed by atoms with E-state index in [1.807, 2.05) is 29.9 Å². The molecule has 0 aromatic carbocycles. The summed E-state index contributed by atoms with van der Waals surface area (Å²) in [7, 11) is 0. The van der Waals surface area contributed by atoms with Gasteiger partial charge in [-0.15, -0.1) is 0 Å². The second-order valence-corrected chi connectivity index (χ2v) is 2.67. The molecular formula is C8H12N4. The number of nitrogens with one attached hydrogen (secondary N) is 1. The lowest BCUT2D eigenvalue weighted by Gasteiger charge is -2.10. The Kier molecular flexibility index (Phi) is 3.30. The van der Waals surface area contributed by atoms with Gasteiger partial charge in [-0.2, -0.15) is 10.4 Å². The van der Waals surface area contributed by atoms with Crippen molar-refractivity contribution in [3.63, 3.8) is 0 Å². The fraction of sp³-hybridized carbons (Fsp3) is 0.500. The molecule has 12 heavy (non-hydrogen) atoms. The number of aromatic nitrogens is 2. The van der Waals surface area contributed by atoms with Crippen LogP contribution in [0.5, 0.6) is 0 Å². The van der Waals surface area contributed by atoms with Crippen LogP contribution in [0.15, 0.2) is 18.5 Å². The van der Waals surface area contributed by atoms with Crippen LogP contribution in [0.25, 0.3) is 0 Å². The lowest BCUT2D eigenvalue weighted by molar-refractivity contribution is 0.470. The van der Waals surface area contributed by atoms with E-state index in [0.717, 1.165) is 6.54 Å². The Morgan fingerprint density at radius 2 is 2.58 bits per heavy atom. The molecule has 0 bridgehead atoms. The molecule has 0 saturated heterocycles. The topological polar surface area (TPSA) is 53.6 Å². The number of hydrogen-bond acceptors (Lipinski definition) is 3. The Morgan fingerprint density at radius 1 is 1.75 bits per heavy atom. The van der Waals surface area contributed by atoms with E-state index in [2.05, 4.69) is 10.4 Å². The Balaban J connectivity index is 2.28. The summed E-state index contributed by atoms with van der Waals surface area (Å²) in [5, 5.41) is 15.4. The highest BCUT2D eigenvalue weighted by Crippen LogP contribution is 1.89. The summed E-state index contributed by atoms with van der Waals surface area (Å²) in [6.45, 7) is 3.22. The van der Waals surface area contributed by atoms with Crippen molar-refractivity contribution in [3.05, 3.63) is 18.5 Å². The molecule has 0 fully saturated rings. The average Bonchev–Trinajstić information content (AvgIpc) is 2.53. The predicted molar refractivity (Wildman–Crippen MR) is 45.3 cm³/mol. The predicted octanol–water partition coefficient (Wildman–Crippen LogP) is 0.385. The molecule has 0 aliphatic heterocycles. The van der Waals surface area contributed by atoms with Crippen LogP contribution in [0.2, 0.25) is 0 Å². The van der Waals surface area contributed by atoms with Crippen molar-refractivity contribution in [2.45, 2.75) is 19.5 Å². The molecule has 4 heteroatoms. The maximum absolute atomic E-state index is 8.31. The third-order valence-corrected chi connectivity index (χ3v) is 1.55. The molecule has 1 N–H and O–H groups in total. The third-order valence-electron chi connectivity index (χ3n) is 1.55. The zero-order valence-corrected chi connectivity index (χ0v) is 7.07. The SMILES string of the molecule is CC(Cn1cccn1)NCC#N. The van der Waals surface area contributed by atoms with Gasteiger partial charge < -0.3 is 5.32 Å². The number of nitriles is 1. The highest BCUT2D eigenvalue weighted by Gasteiger charge is 2.00. The molecular weight excluding hydrogens is 152 g/mol. The summed E-state index contributed by atoms with van der Waals surface area (Å²) in [6, 6.07) is 4.21. The molecule has 0 aliphatic carbocycles. The molecule has 0 saturated carbocycles. The second-order valence-electron chi connectivity index (χ2n) is 2.67. The van der Waals surface area contributed by atoms with Crippen molar-refractivity contribution in [1.29, 1.82) is 5.26 Å². The van der Waals surface area contributed by atoms with Crippen molar-refractivity contribution >= 4 is 0 Å². The lowest BCUT2D eigenvalue weighted by Crippen LogP contribution is -2.30. The number of nitrogens with zero attached hydrogens (tertiary/aromatic N) is 3. The normalized spacial score (nSPS) is 12.3. The van der Waals surface area contributed by atoms with E-state index in [1.54, 1.807) is 6.20 Å². The van der Waals surface area contributed by atoms with E-state index >= 15 is 0 Å². The first-order chi connectivity index (χ1) is 5.83. The summed E-state index contributed by atoms with van der Waals surface area (Å²) in [5.41, 5.74) is 0. The fourth-order valence-corrected chi connectivity index (χ4v) is 0.973. The molecule has 64 valence electrons. The lowest BCUT2D eigenvalue weighted by atomic mass is 10.3. The molecule has 0 amide bonds. The monoisotopic (exact) mass is 164 g/mol. The largest absolute Gasteiger partial charge is 0.300 e. The maximum Gasteiger partial charge on any atom is 0.0843 e. The van der Waals surface area contributed by atoms with E-state index in [9.17, 15) is 0 Å². The summed E-state index contributed by atoms with van der Waals surface area (Å²) < 4.78 is 1.84. The van der Waals surface area contributed by atoms with Crippen LogP contribution in [0, 0.1) is 11.3 Å². The smallest absolute Gasteiger partial charge is 0.0843 e. The van der Waals surface area contributed by atoms with Gasteiger partial charge in [-0.05, 0) is 13.0 Å². The summed E-state index contributed by atoms with van der Waals surface area (Å²) in [6.07, 6.45) is 3.65. The standard InChI is InChI=1S/C8H12N4/c1-8(10-5-3-9)7-12-6-2-4-11-12/h2,4,6,8,10H,5,7H2,1H3. The first-order valence-corrected chi connectivity index (χ1v) is 3.90. The van der Waals surface area contributed by atoms with Gasteiger partial charge in [-0.25, -0.2) is 0 Å². The molecule has 0 radical (unpaired) electrons. The molecule has 1 heterocycles. The maximum atomic E-state index is 8.31. The van der Waals surface area contributed by atoms with Crippen LogP contribution in [-0.4, -0.2) is 22.4 Å². The highest BCUT2D eigenvalue weighted by molar-refractivity contribution is 4.80. The molecule has 1 aromatic heterocycles. The Labute approximate surface area is 71.8 Å². The van der Waals surface area contributed by atoms with E-state index in [4.69, 9.17) is 5.26 Å². The van der Waals surface area contributed by atoms with Gasteiger partial charge in [-0.3, -0.25) is 4.68 Å². The highest BCUT2D eigenvalue weighted by atomic mass is 15.3. The zero-order valence-electron chi connectivity index (χ0n) is 7.07. The average molecular weight is 164 g/mol. The van der Waals surface area contributed by atoms with Crippen LogP contribution in [-0.2, 0) is 6.54 Å². The Bertz CT molecular complexity index is 247. The van der Waals surface area contributed by atoms with Gasteiger partial charge in [0.1, 0.15) is 0 Å². The van der Waals surface area contributed by atoms with E-state index in [0.29, 0.717) is 6.54 Å². The first kappa shape index (κ1) is 8.75.